The second-order valence-electron chi connectivity index (χ2n) is 7.32. The van der Waals surface area contributed by atoms with Crippen molar-refractivity contribution >= 4 is 23.8 Å². The highest BCUT2D eigenvalue weighted by Gasteiger charge is 2.57. The fraction of sp³-hybridized carbons (Fsp3) is 0.320. The molecule has 0 bridgehead atoms. The van der Waals surface area contributed by atoms with Crippen molar-refractivity contribution in [2.75, 3.05) is 13.2 Å². The highest BCUT2D eigenvalue weighted by molar-refractivity contribution is 6.06. The van der Waals surface area contributed by atoms with Crippen LogP contribution in [0.2, 0.25) is 0 Å². The molecule has 0 radical (unpaired) electrons. The molecule has 156 valence electrons. The molecule has 0 aliphatic heterocycles. The minimum absolute atomic E-state index is 0.0388. The van der Waals surface area contributed by atoms with Crippen molar-refractivity contribution in [3.8, 4) is 0 Å². The van der Waals surface area contributed by atoms with Crippen molar-refractivity contribution in [1.82, 2.24) is 0 Å². The van der Waals surface area contributed by atoms with Gasteiger partial charge in [-0.1, -0.05) is 72.3 Å². The van der Waals surface area contributed by atoms with Crippen LogP contribution in [0.4, 0.5) is 0 Å². The standard InChI is InChI=1S/C25H26O5/c1-3-29-23(27)25(24(28)30-4-2)16-20(15-18-11-7-5-8-12-18)21(17-25)22(26)19-13-9-6-10-14-19/h5-15,21H,3-4,16-17H2,1-2H3/b20-15+. The predicted molar refractivity (Wildman–Crippen MR) is 114 cm³/mol. The molecule has 0 spiro atoms. The van der Waals surface area contributed by atoms with Crippen molar-refractivity contribution in [3.05, 3.63) is 77.4 Å². The van der Waals surface area contributed by atoms with Gasteiger partial charge in [0, 0.05) is 11.5 Å². The number of esters is 2. The van der Waals surface area contributed by atoms with Crippen LogP contribution >= 0.6 is 0 Å². The van der Waals surface area contributed by atoms with Crippen LogP contribution < -0.4 is 0 Å². The van der Waals surface area contributed by atoms with E-state index in [0.717, 1.165) is 11.1 Å². The molecule has 1 unspecified atom stereocenters. The molecule has 0 N–H and O–H groups in total. The second kappa shape index (κ2) is 9.53. The number of ketones is 1. The molecule has 5 heteroatoms. The van der Waals surface area contributed by atoms with E-state index in [0.29, 0.717) is 5.56 Å². The summed E-state index contributed by atoms with van der Waals surface area (Å²) in [4.78, 5) is 39.2. The lowest BCUT2D eigenvalue weighted by Crippen LogP contribution is -2.40. The lowest BCUT2D eigenvalue weighted by atomic mass is 9.84. The summed E-state index contributed by atoms with van der Waals surface area (Å²) in [5, 5.41) is 0. The molecule has 5 nitrogen and oxygen atoms in total. The molecular formula is C25H26O5. The fourth-order valence-corrected chi connectivity index (χ4v) is 3.94. The van der Waals surface area contributed by atoms with E-state index < -0.39 is 23.3 Å². The van der Waals surface area contributed by atoms with Gasteiger partial charge in [0.05, 0.1) is 13.2 Å². The number of Topliss-reactive ketones (excluding diaryl/α,β-unsaturated/α-hetero) is 1. The zero-order valence-corrected chi connectivity index (χ0v) is 17.3. The van der Waals surface area contributed by atoms with Gasteiger partial charge in [-0.05, 0) is 32.3 Å². The molecule has 0 heterocycles. The first kappa shape index (κ1) is 21.5. The number of ether oxygens (including phenoxy) is 2. The summed E-state index contributed by atoms with van der Waals surface area (Å²) in [6, 6.07) is 18.5. The first-order valence-electron chi connectivity index (χ1n) is 10.2. The molecule has 0 aromatic heterocycles. The van der Waals surface area contributed by atoms with Crippen LogP contribution in [0.15, 0.2) is 66.2 Å². The van der Waals surface area contributed by atoms with Crippen molar-refractivity contribution in [2.45, 2.75) is 26.7 Å². The summed E-state index contributed by atoms with van der Waals surface area (Å²) >= 11 is 0. The molecule has 1 fully saturated rings. The predicted octanol–water partition coefficient (Wildman–Crippen LogP) is 4.48. The maximum atomic E-state index is 13.4. The van der Waals surface area contributed by atoms with Gasteiger partial charge in [-0.3, -0.25) is 14.4 Å². The summed E-state index contributed by atoms with van der Waals surface area (Å²) < 4.78 is 10.5. The monoisotopic (exact) mass is 406 g/mol. The molecule has 2 aromatic carbocycles. The number of carbonyl (C=O) groups excluding carboxylic acids is 3. The Morgan fingerprint density at radius 2 is 1.43 bits per heavy atom. The fourth-order valence-electron chi connectivity index (χ4n) is 3.94. The van der Waals surface area contributed by atoms with Gasteiger partial charge in [-0.2, -0.15) is 0 Å². The number of hydrogen-bond donors (Lipinski definition) is 0. The van der Waals surface area contributed by atoms with E-state index in [2.05, 4.69) is 0 Å². The molecule has 1 saturated carbocycles. The Balaban J connectivity index is 2.07. The summed E-state index contributed by atoms with van der Waals surface area (Å²) in [5.74, 6) is -1.99. The SMILES string of the molecule is CCOC(=O)C1(C(=O)OCC)C/C(=C\c2ccccc2)C(C(=O)c2ccccc2)C1. The third-order valence-corrected chi connectivity index (χ3v) is 5.36. The first-order valence-corrected chi connectivity index (χ1v) is 10.2. The van der Waals surface area contributed by atoms with Crippen molar-refractivity contribution < 1.29 is 23.9 Å². The largest absolute Gasteiger partial charge is 0.465 e. The minimum Gasteiger partial charge on any atom is -0.465 e. The van der Waals surface area contributed by atoms with E-state index in [4.69, 9.17) is 9.47 Å². The quantitative estimate of drug-likeness (QED) is 0.385. The van der Waals surface area contributed by atoms with E-state index in [1.54, 1.807) is 38.1 Å². The summed E-state index contributed by atoms with van der Waals surface area (Å²) in [6.07, 6.45) is 2.03. The van der Waals surface area contributed by atoms with E-state index in [-0.39, 0.29) is 31.8 Å². The molecule has 1 aliphatic carbocycles. The Morgan fingerprint density at radius 3 is 1.97 bits per heavy atom. The highest BCUT2D eigenvalue weighted by Crippen LogP contribution is 2.49. The van der Waals surface area contributed by atoms with Gasteiger partial charge < -0.3 is 9.47 Å². The molecule has 1 atom stereocenters. The van der Waals surface area contributed by atoms with E-state index in [9.17, 15) is 14.4 Å². The third kappa shape index (κ3) is 4.35. The molecule has 3 rings (SSSR count). The zero-order valence-electron chi connectivity index (χ0n) is 17.3. The maximum absolute atomic E-state index is 13.4. The Bertz CT molecular complexity index is 913. The van der Waals surface area contributed by atoms with Crippen LogP contribution in [-0.2, 0) is 19.1 Å². The van der Waals surface area contributed by atoms with Crippen LogP contribution in [0, 0.1) is 11.3 Å². The van der Waals surface area contributed by atoms with Gasteiger partial charge in [0.25, 0.3) is 0 Å². The topological polar surface area (TPSA) is 69.7 Å². The Morgan fingerprint density at radius 1 is 0.900 bits per heavy atom. The second-order valence-corrected chi connectivity index (χ2v) is 7.32. The van der Waals surface area contributed by atoms with Crippen LogP contribution in [0.25, 0.3) is 6.08 Å². The number of hydrogen-bond acceptors (Lipinski definition) is 5. The van der Waals surface area contributed by atoms with Crippen molar-refractivity contribution in [2.24, 2.45) is 11.3 Å². The van der Waals surface area contributed by atoms with Gasteiger partial charge in [-0.25, -0.2) is 0 Å². The minimum atomic E-state index is -1.51. The van der Waals surface area contributed by atoms with E-state index in [1.165, 1.54) is 0 Å². The first-order chi connectivity index (χ1) is 14.5. The molecular weight excluding hydrogens is 380 g/mol. The van der Waals surface area contributed by atoms with E-state index >= 15 is 0 Å². The van der Waals surface area contributed by atoms with Gasteiger partial charge in [0.2, 0.25) is 0 Å². The molecule has 1 aliphatic rings. The number of benzene rings is 2. The summed E-state index contributed by atoms with van der Waals surface area (Å²) in [5.41, 5.74) is 0.671. The average molecular weight is 406 g/mol. The smallest absolute Gasteiger partial charge is 0.323 e. The van der Waals surface area contributed by atoms with Crippen LogP contribution in [0.5, 0.6) is 0 Å². The lowest BCUT2D eigenvalue weighted by Gasteiger charge is -2.24. The molecule has 2 aromatic rings. The van der Waals surface area contributed by atoms with Gasteiger partial charge in [0.15, 0.2) is 11.2 Å². The molecule has 30 heavy (non-hydrogen) atoms. The normalized spacial score (nSPS) is 18.7. The third-order valence-electron chi connectivity index (χ3n) is 5.36. The summed E-state index contributed by atoms with van der Waals surface area (Å²) in [6.45, 7) is 3.68. The maximum Gasteiger partial charge on any atom is 0.323 e. The van der Waals surface area contributed by atoms with Gasteiger partial charge in [0.1, 0.15) is 0 Å². The van der Waals surface area contributed by atoms with Crippen LogP contribution in [0.3, 0.4) is 0 Å². The molecule has 0 amide bonds. The number of rotatable bonds is 7. The van der Waals surface area contributed by atoms with E-state index in [1.807, 2.05) is 42.5 Å². The Kier molecular flexibility index (Phi) is 6.83. The number of allylic oxidation sites excluding steroid dienone is 1. The summed E-state index contributed by atoms with van der Waals surface area (Å²) in [7, 11) is 0. The molecule has 0 saturated heterocycles. The van der Waals surface area contributed by atoms with Gasteiger partial charge in [-0.15, -0.1) is 0 Å². The Hall–Kier alpha value is -3.21. The van der Waals surface area contributed by atoms with Crippen molar-refractivity contribution in [3.63, 3.8) is 0 Å². The van der Waals surface area contributed by atoms with Crippen LogP contribution in [0.1, 0.15) is 42.6 Å². The Labute approximate surface area is 176 Å². The van der Waals surface area contributed by atoms with Gasteiger partial charge >= 0.3 is 11.9 Å². The average Bonchev–Trinajstić information content (AvgIpc) is 3.15. The van der Waals surface area contributed by atoms with Crippen molar-refractivity contribution in [1.29, 1.82) is 0 Å². The number of carbonyl (C=O) groups is 3. The van der Waals surface area contributed by atoms with Crippen LogP contribution in [-0.4, -0.2) is 30.9 Å². The highest BCUT2D eigenvalue weighted by atomic mass is 16.6. The lowest BCUT2D eigenvalue weighted by molar-refractivity contribution is -0.171. The zero-order chi connectivity index (χ0) is 21.6.